The summed E-state index contributed by atoms with van der Waals surface area (Å²) in [7, 11) is -1.13. The smallest absolute Gasteiger partial charge is 0.341 e. The van der Waals surface area contributed by atoms with Gasteiger partial charge in [-0.2, -0.15) is 13.8 Å². The molecular weight excluding hydrogens is 292 g/mol. The quantitative estimate of drug-likeness (QED) is 0.857. The number of hydrogen-bond donors (Lipinski definition) is 0. The van der Waals surface area contributed by atoms with Gasteiger partial charge in [0.2, 0.25) is 9.84 Å². The minimum Gasteiger partial charge on any atom is -0.344 e. The van der Waals surface area contributed by atoms with E-state index in [2.05, 4.69) is 10.1 Å². The van der Waals surface area contributed by atoms with Gasteiger partial charge in [0.25, 0.3) is 11.8 Å². The van der Waals surface area contributed by atoms with Crippen LogP contribution in [0.2, 0.25) is 0 Å². The van der Waals surface area contributed by atoms with E-state index in [0.29, 0.717) is 11.5 Å². The fourth-order valence-electron chi connectivity index (χ4n) is 1.40. The maximum Gasteiger partial charge on any atom is 0.341 e. The normalized spacial score (nSPS) is 11.8. The van der Waals surface area contributed by atoms with Crippen LogP contribution in [0.5, 0.6) is 0 Å². The van der Waals surface area contributed by atoms with Crippen molar-refractivity contribution in [1.29, 1.82) is 0 Å². The standard InChI is InChI=1S/C11H11F2N3O3S/c1-16(2)11-14-9(19-15-11)7-3-5-8(6-4-7)20(17,18)10(12)13/h3-6,10H,1-2H3. The Hall–Kier alpha value is -2.03. The lowest BCUT2D eigenvalue weighted by Gasteiger charge is -2.03. The number of anilines is 1. The number of halogens is 2. The molecule has 1 heterocycles. The summed E-state index contributed by atoms with van der Waals surface area (Å²) in [5.41, 5.74) is 0.443. The van der Waals surface area contributed by atoms with Crippen molar-refractivity contribution >= 4 is 15.8 Å². The molecule has 0 aliphatic carbocycles. The molecule has 0 saturated carbocycles. The molecule has 0 atom stereocenters. The van der Waals surface area contributed by atoms with Gasteiger partial charge in [-0.25, -0.2) is 8.42 Å². The molecule has 2 rings (SSSR count). The summed E-state index contributed by atoms with van der Waals surface area (Å²) >= 11 is 0. The Labute approximate surface area is 113 Å². The van der Waals surface area contributed by atoms with Crippen LogP contribution in [-0.2, 0) is 9.84 Å². The molecule has 20 heavy (non-hydrogen) atoms. The Morgan fingerprint density at radius 2 is 1.80 bits per heavy atom. The number of hydrogen-bond acceptors (Lipinski definition) is 6. The average molecular weight is 303 g/mol. The van der Waals surface area contributed by atoms with E-state index < -0.39 is 20.5 Å². The Morgan fingerprint density at radius 1 is 1.20 bits per heavy atom. The summed E-state index contributed by atoms with van der Waals surface area (Å²) in [6.45, 7) is 0. The summed E-state index contributed by atoms with van der Waals surface area (Å²) in [6.07, 6.45) is 0. The Balaban J connectivity index is 2.33. The molecule has 1 aromatic carbocycles. The molecule has 0 aliphatic rings. The SMILES string of the molecule is CN(C)c1noc(-c2ccc(S(=O)(=O)C(F)F)cc2)n1. The van der Waals surface area contributed by atoms with Crippen LogP contribution in [0.25, 0.3) is 11.5 Å². The second-order valence-electron chi connectivity index (χ2n) is 4.12. The van der Waals surface area contributed by atoms with E-state index in [1.165, 1.54) is 12.1 Å². The highest BCUT2D eigenvalue weighted by molar-refractivity contribution is 7.91. The van der Waals surface area contributed by atoms with Crippen LogP contribution in [0.1, 0.15) is 0 Å². The van der Waals surface area contributed by atoms with Crippen molar-refractivity contribution in [2.24, 2.45) is 0 Å². The number of nitrogens with zero attached hydrogens (tertiary/aromatic N) is 3. The molecule has 0 aliphatic heterocycles. The molecular formula is C11H11F2N3O3S. The predicted molar refractivity (Wildman–Crippen MR) is 67.3 cm³/mol. The van der Waals surface area contributed by atoms with E-state index in [0.717, 1.165) is 12.1 Å². The highest BCUT2D eigenvalue weighted by Crippen LogP contribution is 2.23. The first-order chi connectivity index (χ1) is 9.32. The molecule has 0 unspecified atom stereocenters. The lowest BCUT2D eigenvalue weighted by molar-refractivity contribution is 0.234. The largest absolute Gasteiger partial charge is 0.344 e. The number of aromatic nitrogens is 2. The summed E-state index contributed by atoms with van der Waals surface area (Å²) < 4.78 is 52.3. The van der Waals surface area contributed by atoms with Crippen molar-refractivity contribution in [3.63, 3.8) is 0 Å². The summed E-state index contributed by atoms with van der Waals surface area (Å²) in [4.78, 5) is 5.23. The first-order valence-corrected chi connectivity index (χ1v) is 7.00. The van der Waals surface area contributed by atoms with E-state index in [1.807, 2.05) is 0 Å². The summed E-state index contributed by atoms with van der Waals surface area (Å²) in [5.74, 6) is -2.92. The van der Waals surface area contributed by atoms with Crippen molar-refractivity contribution in [2.45, 2.75) is 10.7 Å². The first-order valence-electron chi connectivity index (χ1n) is 5.46. The molecule has 9 heteroatoms. The highest BCUT2D eigenvalue weighted by Gasteiger charge is 2.26. The molecule has 1 aromatic heterocycles. The van der Waals surface area contributed by atoms with Gasteiger partial charge < -0.3 is 9.42 Å². The molecule has 0 N–H and O–H groups in total. The first kappa shape index (κ1) is 14.4. The second kappa shape index (κ2) is 5.16. The zero-order chi connectivity index (χ0) is 14.9. The maximum absolute atomic E-state index is 12.4. The lowest BCUT2D eigenvalue weighted by Crippen LogP contribution is -2.11. The number of benzene rings is 1. The van der Waals surface area contributed by atoms with Crippen molar-refractivity contribution < 1.29 is 21.7 Å². The Bertz CT molecular complexity index is 696. The predicted octanol–water partition coefficient (Wildman–Crippen LogP) is 1.80. The van der Waals surface area contributed by atoms with E-state index >= 15 is 0 Å². The third-order valence-electron chi connectivity index (χ3n) is 2.48. The van der Waals surface area contributed by atoms with Gasteiger partial charge in [-0.3, -0.25) is 0 Å². The van der Waals surface area contributed by atoms with Crippen LogP contribution in [0.3, 0.4) is 0 Å². The monoisotopic (exact) mass is 303 g/mol. The van der Waals surface area contributed by atoms with Gasteiger partial charge in [-0.15, -0.1) is 0 Å². The number of sulfone groups is 1. The Kier molecular flexibility index (Phi) is 3.71. The van der Waals surface area contributed by atoms with Crippen LogP contribution < -0.4 is 4.90 Å². The van der Waals surface area contributed by atoms with Crippen molar-refractivity contribution in [3.05, 3.63) is 24.3 Å². The topological polar surface area (TPSA) is 76.3 Å². The molecule has 108 valence electrons. The average Bonchev–Trinajstić information content (AvgIpc) is 2.88. The summed E-state index contributed by atoms with van der Waals surface area (Å²) in [6, 6.07) is 4.83. The third kappa shape index (κ3) is 2.62. The fraction of sp³-hybridized carbons (Fsp3) is 0.273. The van der Waals surface area contributed by atoms with Crippen molar-refractivity contribution in [2.75, 3.05) is 19.0 Å². The number of alkyl halides is 2. The van der Waals surface area contributed by atoms with Crippen LogP contribution in [0, 0.1) is 0 Å². The molecule has 6 nitrogen and oxygen atoms in total. The van der Waals surface area contributed by atoms with Crippen LogP contribution in [-0.4, -0.2) is 38.4 Å². The van der Waals surface area contributed by atoms with Gasteiger partial charge in [-0.1, -0.05) is 0 Å². The van der Waals surface area contributed by atoms with E-state index in [1.54, 1.807) is 19.0 Å². The third-order valence-corrected chi connectivity index (χ3v) is 3.88. The van der Waals surface area contributed by atoms with E-state index in [9.17, 15) is 17.2 Å². The molecule has 0 saturated heterocycles. The molecule has 0 fully saturated rings. The molecule has 2 aromatic rings. The molecule has 0 spiro atoms. The van der Waals surface area contributed by atoms with Crippen molar-refractivity contribution in [3.8, 4) is 11.5 Å². The van der Waals surface area contributed by atoms with Gasteiger partial charge >= 0.3 is 5.76 Å². The van der Waals surface area contributed by atoms with Crippen LogP contribution >= 0.6 is 0 Å². The van der Waals surface area contributed by atoms with Crippen molar-refractivity contribution in [1.82, 2.24) is 10.1 Å². The Morgan fingerprint density at radius 3 is 2.25 bits per heavy atom. The van der Waals surface area contributed by atoms with Gasteiger partial charge in [-0.05, 0) is 29.4 Å². The molecule has 0 bridgehead atoms. The lowest BCUT2D eigenvalue weighted by atomic mass is 10.2. The van der Waals surface area contributed by atoms with Gasteiger partial charge in [0.1, 0.15) is 0 Å². The second-order valence-corrected chi connectivity index (χ2v) is 6.04. The summed E-state index contributed by atoms with van der Waals surface area (Å²) in [5, 5.41) is 3.69. The molecule has 0 amide bonds. The van der Waals surface area contributed by atoms with E-state index in [4.69, 9.17) is 4.52 Å². The highest BCUT2D eigenvalue weighted by atomic mass is 32.2. The minimum atomic E-state index is -4.59. The van der Waals surface area contributed by atoms with E-state index in [-0.39, 0.29) is 5.89 Å². The zero-order valence-corrected chi connectivity index (χ0v) is 11.4. The maximum atomic E-state index is 12.4. The molecule has 0 radical (unpaired) electrons. The van der Waals surface area contributed by atoms with Gasteiger partial charge in [0.15, 0.2) is 0 Å². The van der Waals surface area contributed by atoms with Gasteiger partial charge in [0, 0.05) is 19.7 Å². The van der Waals surface area contributed by atoms with Gasteiger partial charge in [0.05, 0.1) is 4.90 Å². The minimum absolute atomic E-state index is 0.176. The number of rotatable bonds is 4. The van der Waals surface area contributed by atoms with Crippen LogP contribution in [0.4, 0.5) is 14.7 Å². The van der Waals surface area contributed by atoms with Crippen LogP contribution in [0.15, 0.2) is 33.7 Å². The fourth-order valence-corrected chi connectivity index (χ4v) is 2.13. The zero-order valence-electron chi connectivity index (χ0n) is 10.6.